The van der Waals surface area contributed by atoms with Gasteiger partial charge in [0.1, 0.15) is 11.9 Å². The number of piperidine rings is 1. The molecule has 1 fully saturated rings. The van der Waals surface area contributed by atoms with Crippen LogP contribution in [0.4, 0.5) is 13.2 Å². The lowest BCUT2D eigenvalue weighted by Gasteiger charge is -2.32. The molecule has 24 heavy (non-hydrogen) atoms. The molecule has 0 unspecified atom stereocenters. The number of nitrogens with zero attached hydrogens (tertiary/aromatic N) is 1. The lowest BCUT2D eigenvalue weighted by molar-refractivity contribution is -0.138. The number of amides is 1. The van der Waals surface area contributed by atoms with Crippen molar-refractivity contribution in [3.8, 4) is 5.75 Å². The molecule has 136 valence electrons. The number of hydrogen-bond acceptors (Lipinski definition) is 2. The first-order chi connectivity index (χ1) is 11.2. The fourth-order valence-electron chi connectivity index (χ4n) is 2.52. The Hall–Kier alpha value is -1.72. The van der Waals surface area contributed by atoms with Crippen molar-refractivity contribution in [1.82, 2.24) is 4.90 Å². The van der Waals surface area contributed by atoms with Crippen molar-refractivity contribution in [3.63, 3.8) is 0 Å². The maximum atomic E-state index is 12.8. The first-order valence-electron chi connectivity index (χ1n) is 8.29. The quantitative estimate of drug-likeness (QED) is 0.769. The highest BCUT2D eigenvalue weighted by Gasteiger charge is 2.33. The average molecular weight is 345 g/mol. The van der Waals surface area contributed by atoms with Gasteiger partial charge in [0.25, 0.3) is 0 Å². The maximum absolute atomic E-state index is 12.8. The third-order valence-corrected chi connectivity index (χ3v) is 3.77. The zero-order valence-electron chi connectivity index (χ0n) is 14.7. The summed E-state index contributed by atoms with van der Waals surface area (Å²) in [7, 11) is 0. The van der Waals surface area contributed by atoms with E-state index in [0.717, 1.165) is 6.07 Å². The van der Waals surface area contributed by atoms with E-state index in [2.05, 4.69) is 13.8 Å². The number of likely N-dealkylation sites (tertiary alicyclic amines) is 1. The second-order valence-corrected chi connectivity index (χ2v) is 5.96. The molecule has 0 saturated carbocycles. The molecule has 0 aliphatic carbocycles. The summed E-state index contributed by atoms with van der Waals surface area (Å²) in [5, 5.41) is 0. The molecule has 0 spiro atoms. The predicted octanol–water partition coefficient (Wildman–Crippen LogP) is 4.82. The van der Waals surface area contributed by atoms with Gasteiger partial charge >= 0.3 is 6.18 Å². The molecule has 1 aromatic carbocycles. The molecule has 1 amide bonds. The highest BCUT2D eigenvalue weighted by atomic mass is 19.4. The van der Waals surface area contributed by atoms with Gasteiger partial charge in [-0.2, -0.15) is 13.2 Å². The van der Waals surface area contributed by atoms with E-state index in [-0.39, 0.29) is 23.3 Å². The van der Waals surface area contributed by atoms with Crippen LogP contribution in [0.1, 0.15) is 51.2 Å². The second-order valence-electron chi connectivity index (χ2n) is 5.96. The van der Waals surface area contributed by atoms with Crippen molar-refractivity contribution in [2.24, 2.45) is 0 Å². The van der Waals surface area contributed by atoms with Crippen molar-refractivity contribution in [2.75, 3.05) is 13.1 Å². The Morgan fingerprint density at radius 1 is 1.25 bits per heavy atom. The summed E-state index contributed by atoms with van der Waals surface area (Å²) in [5.41, 5.74) is -0.555. The molecule has 0 aromatic heterocycles. The lowest BCUT2D eigenvalue weighted by atomic mass is 10.1. The average Bonchev–Trinajstić information content (AvgIpc) is 2.49. The SMILES string of the molecule is CC(=O)N1CCC(Oc2cccc(C(F)(F)F)c2C)CC1.CCC. The molecular weight excluding hydrogens is 319 g/mol. The van der Waals surface area contributed by atoms with Crippen LogP contribution in [0.2, 0.25) is 0 Å². The molecule has 1 saturated heterocycles. The van der Waals surface area contributed by atoms with E-state index >= 15 is 0 Å². The smallest absolute Gasteiger partial charge is 0.416 e. The highest BCUT2D eigenvalue weighted by Crippen LogP contribution is 2.36. The predicted molar refractivity (Wildman–Crippen MR) is 88.1 cm³/mol. The molecular formula is C18H26F3NO2. The molecule has 2 rings (SSSR count). The van der Waals surface area contributed by atoms with Gasteiger partial charge < -0.3 is 9.64 Å². The van der Waals surface area contributed by atoms with Crippen LogP contribution in [0.5, 0.6) is 5.75 Å². The maximum Gasteiger partial charge on any atom is 0.416 e. The topological polar surface area (TPSA) is 29.5 Å². The van der Waals surface area contributed by atoms with Crippen molar-refractivity contribution < 1.29 is 22.7 Å². The summed E-state index contributed by atoms with van der Waals surface area (Å²) in [5.74, 6) is 0.287. The Morgan fingerprint density at radius 3 is 2.25 bits per heavy atom. The number of benzene rings is 1. The molecule has 1 aliphatic rings. The summed E-state index contributed by atoms with van der Waals surface area (Å²) in [4.78, 5) is 13.0. The van der Waals surface area contributed by atoms with Crippen LogP contribution >= 0.6 is 0 Å². The molecule has 1 aliphatic heterocycles. The van der Waals surface area contributed by atoms with Gasteiger partial charge in [0, 0.05) is 38.4 Å². The first kappa shape index (κ1) is 20.3. The Balaban J connectivity index is 0.000000891. The van der Waals surface area contributed by atoms with Gasteiger partial charge in [-0.05, 0) is 19.1 Å². The minimum atomic E-state index is -4.37. The largest absolute Gasteiger partial charge is 0.490 e. The molecule has 1 aromatic rings. The van der Waals surface area contributed by atoms with E-state index in [1.54, 1.807) is 11.0 Å². The number of halogens is 3. The molecule has 0 N–H and O–H groups in total. The molecule has 0 atom stereocenters. The van der Waals surface area contributed by atoms with E-state index < -0.39 is 11.7 Å². The van der Waals surface area contributed by atoms with Crippen LogP contribution in [0.25, 0.3) is 0 Å². The Bertz CT molecular complexity index is 536. The zero-order valence-corrected chi connectivity index (χ0v) is 14.7. The molecule has 0 radical (unpaired) electrons. The van der Waals surface area contributed by atoms with Crippen LogP contribution < -0.4 is 4.74 Å². The van der Waals surface area contributed by atoms with E-state index in [0.29, 0.717) is 25.9 Å². The Kier molecular flexibility index (Phi) is 7.58. The van der Waals surface area contributed by atoms with Crippen LogP contribution in [-0.4, -0.2) is 30.0 Å². The Labute approximate surface area is 141 Å². The summed E-state index contributed by atoms with van der Waals surface area (Å²) in [6, 6.07) is 3.97. The third kappa shape index (κ3) is 5.73. The fourth-order valence-corrected chi connectivity index (χ4v) is 2.52. The molecule has 3 nitrogen and oxygen atoms in total. The summed E-state index contributed by atoms with van der Waals surface area (Å²) >= 11 is 0. The van der Waals surface area contributed by atoms with Gasteiger partial charge in [-0.15, -0.1) is 0 Å². The molecule has 6 heteroatoms. The standard InChI is InChI=1S/C15H18F3NO2.C3H8/c1-10-13(15(16,17)18)4-3-5-14(10)21-12-6-8-19(9-7-12)11(2)20;1-3-2/h3-5,12H,6-9H2,1-2H3;3H2,1-2H3. The van der Waals surface area contributed by atoms with Gasteiger partial charge in [-0.25, -0.2) is 0 Å². The van der Waals surface area contributed by atoms with E-state index in [4.69, 9.17) is 4.74 Å². The van der Waals surface area contributed by atoms with Crippen molar-refractivity contribution >= 4 is 5.91 Å². The summed E-state index contributed by atoms with van der Waals surface area (Å²) in [6.07, 6.45) is -2.01. The van der Waals surface area contributed by atoms with Crippen molar-refractivity contribution in [1.29, 1.82) is 0 Å². The van der Waals surface area contributed by atoms with Gasteiger partial charge in [0.2, 0.25) is 5.91 Å². The number of alkyl halides is 3. The monoisotopic (exact) mass is 345 g/mol. The molecule has 1 heterocycles. The third-order valence-electron chi connectivity index (χ3n) is 3.77. The number of hydrogen-bond donors (Lipinski definition) is 0. The van der Waals surface area contributed by atoms with Crippen LogP contribution in [-0.2, 0) is 11.0 Å². The summed E-state index contributed by atoms with van der Waals surface area (Å²) < 4.78 is 44.3. The number of ether oxygens (including phenoxy) is 1. The first-order valence-corrected chi connectivity index (χ1v) is 8.29. The van der Waals surface area contributed by atoms with Gasteiger partial charge in [-0.1, -0.05) is 26.3 Å². The number of carbonyl (C=O) groups excluding carboxylic acids is 1. The number of rotatable bonds is 2. The lowest BCUT2D eigenvalue weighted by Crippen LogP contribution is -2.40. The van der Waals surface area contributed by atoms with E-state index in [1.807, 2.05) is 0 Å². The van der Waals surface area contributed by atoms with Crippen molar-refractivity contribution in [3.05, 3.63) is 29.3 Å². The minimum Gasteiger partial charge on any atom is -0.490 e. The summed E-state index contributed by atoms with van der Waals surface area (Å²) in [6.45, 7) is 8.34. The second kappa shape index (κ2) is 8.94. The van der Waals surface area contributed by atoms with Gasteiger partial charge in [0.05, 0.1) is 5.56 Å². The van der Waals surface area contributed by atoms with Crippen LogP contribution in [0.3, 0.4) is 0 Å². The van der Waals surface area contributed by atoms with Gasteiger partial charge in [0.15, 0.2) is 0 Å². The van der Waals surface area contributed by atoms with Crippen LogP contribution in [0, 0.1) is 6.92 Å². The minimum absolute atomic E-state index is 0.0173. The van der Waals surface area contributed by atoms with E-state index in [1.165, 1.54) is 26.3 Å². The van der Waals surface area contributed by atoms with E-state index in [9.17, 15) is 18.0 Å². The fraction of sp³-hybridized carbons (Fsp3) is 0.611. The molecule has 0 bridgehead atoms. The van der Waals surface area contributed by atoms with Crippen molar-refractivity contribution in [2.45, 2.75) is 59.2 Å². The number of carbonyl (C=O) groups is 1. The van der Waals surface area contributed by atoms with Crippen LogP contribution in [0.15, 0.2) is 18.2 Å². The normalized spacial score (nSPS) is 15.5. The van der Waals surface area contributed by atoms with Gasteiger partial charge in [-0.3, -0.25) is 4.79 Å². The highest BCUT2D eigenvalue weighted by molar-refractivity contribution is 5.73. The Morgan fingerprint density at radius 2 is 1.79 bits per heavy atom. The zero-order chi connectivity index (χ0) is 18.3.